The average molecular weight is 296 g/mol. The van der Waals surface area contributed by atoms with Gasteiger partial charge in [0.2, 0.25) is 0 Å². The summed E-state index contributed by atoms with van der Waals surface area (Å²) in [6.07, 6.45) is 2.95. The molecule has 1 aromatic rings. The SMILES string of the molecule is C=C(C)C1CC(=O)C(C)=C(c2coc(Br)n2)C1. The molecule has 2 rings (SSSR count). The van der Waals surface area contributed by atoms with Crippen molar-refractivity contribution in [2.45, 2.75) is 26.7 Å². The fourth-order valence-corrected chi connectivity index (χ4v) is 2.34. The Morgan fingerprint density at radius 3 is 2.82 bits per heavy atom. The molecule has 0 N–H and O–H groups in total. The van der Waals surface area contributed by atoms with E-state index in [2.05, 4.69) is 27.5 Å². The molecular weight excluding hydrogens is 282 g/mol. The third-order valence-corrected chi connectivity index (χ3v) is 3.60. The molecule has 0 bridgehead atoms. The van der Waals surface area contributed by atoms with Crippen LogP contribution >= 0.6 is 15.9 Å². The summed E-state index contributed by atoms with van der Waals surface area (Å²) in [5.41, 5.74) is 3.56. The van der Waals surface area contributed by atoms with Gasteiger partial charge in [-0.05, 0) is 37.3 Å². The van der Waals surface area contributed by atoms with Gasteiger partial charge in [0.25, 0.3) is 4.80 Å². The maximum Gasteiger partial charge on any atom is 0.264 e. The van der Waals surface area contributed by atoms with Gasteiger partial charge in [0, 0.05) is 22.4 Å². The molecule has 1 atom stereocenters. The molecule has 1 aliphatic carbocycles. The first-order chi connectivity index (χ1) is 7.99. The Kier molecular flexibility index (Phi) is 3.33. The predicted molar refractivity (Wildman–Crippen MR) is 69.3 cm³/mol. The molecular formula is C13H14BrNO2. The van der Waals surface area contributed by atoms with Crippen LogP contribution in [0.2, 0.25) is 0 Å². The van der Waals surface area contributed by atoms with Crippen LogP contribution in [0.4, 0.5) is 0 Å². The summed E-state index contributed by atoms with van der Waals surface area (Å²) in [6.45, 7) is 7.77. The number of nitrogens with zero attached hydrogens (tertiary/aromatic N) is 1. The number of halogens is 1. The van der Waals surface area contributed by atoms with Crippen LogP contribution < -0.4 is 0 Å². The van der Waals surface area contributed by atoms with Crippen molar-refractivity contribution in [2.24, 2.45) is 5.92 Å². The number of hydrogen-bond donors (Lipinski definition) is 0. The molecule has 0 saturated carbocycles. The van der Waals surface area contributed by atoms with Gasteiger partial charge in [-0.15, -0.1) is 0 Å². The Balaban J connectivity index is 2.40. The summed E-state index contributed by atoms with van der Waals surface area (Å²) in [7, 11) is 0. The van der Waals surface area contributed by atoms with E-state index in [1.54, 1.807) is 6.26 Å². The lowest BCUT2D eigenvalue weighted by atomic mass is 9.79. The van der Waals surface area contributed by atoms with E-state index in [1.807, 2.05) is 13.8 Å². The third-order valence-electron chi connectivity index (χ3n) is 3.24. The second-order valence-corrected chi connectivity index (χ2v) is 5.14. The van der Waals surface area contributed by atoms with E-state index >= 15 is 0 Å². The van der Waals surface area contributed by atoms with Crippen LogP contribution in [0.25, 0.3) is 5.57 Å². The molecule has 1 aliphatic rings. The van der Waals surface area contributed by atoms with Crippen LogP contribution in [0.1, 0.15) is 32.4 Å². The minimum absolute atomic E-state index is 0.179. The summed E-state index contributed by atoms with van der Waals surface area (Å²) in [5.74, 6) is 0.398. The lowest BCUT2D eigenvalue weighted by Crippen LogP contribution is -2.18. The zero-order valence-electron chi connectivity index (χ0n) is 9.92. The van der Waals surface area contributed by atoms with Gasteiger partial charge in [0.1, 0.15) is 12.0 Å². The average Bonchev–Trinajstić information content (AvgIpc) is 2.68. The van der Waals surface area contributed by atoms with Gasteiger partial charge in [0.15, 0.2) is 5.78 Å². The highest BCUT2D eigenvalue weighted by Crippen LogP contribution is 2.36. The monoisotopic (exact) mass is 295 g/mol. The molecule has 3 nitrogen and oxygen atoms in total. The van der Waals surface area contributed by atoms with Gasteiger partial charge in [0.05, 0.1) is 0 Å². The Bertz CT molecular complexity index is 513. The number of oxazole rings is 1. The van der Waals surface area contributed by atoms with Crippen molar-refractivity contribution in [1.29, 1.82) is 0 Å². The largest absolute Gasteiger partial charge is 0.439 e. The molecule has 1 heterocycles. The van der Waals surface area contributed by atoms with Crippen LogP contribution in [0.5, 0.6) is 0 Å². The first kappa shape index (κ1) is 12.3. The minimum atomic E-state index is 0.179. The molecule has 1 aromatic heterocycles. The van der Waals surface area contributed by atoms with E-state index in [4.69, 9.17) is 4.42 Å². The Morgan fingerprint density at radius 1 is 1.59 bits per heavy atom. The number of rotatable bonds is 2. The van der Waals surface area contributed by atoms with Crippen LogP contribution in [0, 0.1) is 5.92 Å². The van der Waals surface area contributed by atoms with Crippen LogP contribution in [0.3, 0.4) is 0 Å². The van der Waals surface area contributed by atoms with Crippen LogP contribution in [-0.2, 0) is 4.79 Å². The van der Waals surface area contributed by atoms with Crippen LogP contribution in [-0.4, -0.2) is 10.8 Å². The summed E-state index contributed by atoms with van der Waals surface area (Å²) >= 11 is 3.18. The predicted octanol–water partition coefficient (Wildman–Crippen LogP) is 3.77. The molecule has 17 heavy (non-hydrogen) atoms. The van der Waals surface area contributed by atoms with Crippen LogP contribution in [0.15, 0.2) is 33.2 Å². The van der Waals surface area contributed by atoms with E-state index < -0.39 is 0 Å². The molecule has 90 valence electrons. The second kappa shape index (κ2) is 4.61. The topological polar surface area (TPSA) is 43.1 Å². The quantitative estimate of drug-likeness (QED) is 0.780. The van der Waals surface area contributed by atoms with Crippen molar-refractivity contribution in [3.8, 4) is 0 Å². The van der Waals surface area contributed by atoms with Gasteiger partial charge in [-0.1, -0.05) is 12.2 Å². The molecule has 0 amide bonds. The number of hydrogen-bond acceptors (Lipinski definition) is 3. The van der Waals surface area contributed by atoms with E-state index in [0.29, 0.717) is 11.2 Å². The number of carbonyl (C=O) groups is 1. The summed E-state index contributed by atoms with van der Waals surface area (Å²) in [4.78, 5) is 16.6. The zero-order valence-corrected chi connectivity index (χ0v) is 11.5. The van der Waals surface area contributed by atoms with E-state index in [-0.39, 0.29) is 11.7 Å². The number of aromatic nitrogens is 1. The Hall–Kier alpha value is -1.16. The molecule has 0 radical (unpaired) electrons. The number of allylic oxidation sites excluding steroid dienone is 3. The summed E-state index contributed by atoms with van der Waals surface area (Å²) in [6, 6.07) is 0. The third kappa shape index (κ3) is 2.41. The molecule has 0 aliphatic heterocycles. The fourth-order valence-electron chi connectivity index (χ4n) is 2.05. The van der Waals surface area contributed by atoms with Gasteiger partial charge in [-0.25, -0.2) is 4.98 Å². The molecule has 0 spiro atoms. The minimum Gasteiger partial charge on any atom is -0.439 e. The standard InChI is InChI=1S/C13H14BrNO2/c1-7(2)9-4-10(8(3)12(16)5-9)11-6-17-13(14)15-11/h6,9H,1,4-5H2,2-3H3. The van der Waals surface area contributed by atoms with Gasteiger partial charge >= 0.3 is 0 Å². The van der Waals surface area contributed by atoms with E-state index in [0.717, 1.165) is 28.8 Å². The Labute approximate surface area is 109 Å². The smallest absolute Gasteiger partial charge is 0.264 e. The normalized spacial score (nSPS) is 20.9. The highest BCUT2D eigenvalue weighted by atomic mass is 79.9. The summed E-state index contributed by atoms with van der Waals surface area (Å²) in [5, 5.41) is 0. The van der Waals surface area contributed by atoms with Crippen molar-refractivity contribution in [3.05, 3.63) is 34.5 Å². The first-order valence-corrected chi connectivity index (χ1v) is 6.28. The molecule has 4 heteroatoms. The van der Waals surface area contributed by atoms with E-state index in [9.17, 15) is 4.79 Å². The molecule has 0 fully saturated rings. The molecule has 0 saturated heterocycles. The Morgan fingerprint density at radius 2 is 2.29 bits per heavy atom. The second-order valence-electron chi connectivity index (χ2n) is 4.46. The first-order valence-electron chi connectivity index (χ1n) is 5.48. The van der Waals surface area contributed by atoms with Crippen molar-refractivity contribution < 1.29 is 9.21 Å². The highest BCUT2D eigenvalue weighted by molar-refractivity contribution is 9.10. The lowest BCUT2D eigenvalue weighted by molar-refractivity contribution is -0.116. The molecule has 1 unspecified atom stereocenters. The van der Waals surface area contributed by atoms with Gasteiger partial charge in [-0.3, -0.25) is 4.79 Å². The summed E-state index contributed by atoms with van der Waals surface area (Å²) < 4.78 is 5.13. The van der Waals surface area contributed by atoms with Crippen molar-refractivity contribution >= 4 is 27.3 Å². The van der Waals surface area contributed by atoms with Gasteiger partial charge < -0.3 is 4.42 Å². The van der Waals surface area contributed by atoms with E-state index in [1.165, 1.54) is 0 Å². The number of carbonyl (C=O) groups excluding carboxylic acids is 1. The van der Waals surface area contributed by atoms with Crippen molar-refractivity contribution in [3.63, 3.8) is 0 Å². The fraction of sp³-hybridized carbons (Fsp3) is 0.385. The number of ketones is 1. The number of Topliss-reactive ketones (excluding diaryl/α,β-unsaturated/α-hetero) is 1. The van der Waals surface area contributed by atoms with Gasteiger partial charge in [-0.2, -0.15) is 0 Å². The lowest BCUT2D eigenvalue weighted by Gasteiger charge is -2.24. The highest BCUT2D eigenvalue weighted by Gasteiger charge is 2.27. The van der Waals surface area contributed by atoms with Crippen molar-refractivity contribution in [1.82, 2.24) is 4.98 Å². The van der Waals surface area contributed by atoms with Crippen molar-refractivity contribution in [2.75, 3.05) is 0 Å². The maximum absolute atomic E-state index is 11.9. The zero-order chi connectivity index (χ0) is 12.6. The maximum atomic E-state index is 11.9. The molecule has 0 aromatic carbocycles.